The first-order chi connectivity index (χ1) is 11.4. The Hall–Kier alpha value is -2.18. The number of rotatable bonds is 4. The lowest BCUT2D eigenvalue weighted by Crippen LogP contribution is -2.30. The molecule has 3 rings (SSSR count). The number of aryl methyl sites for hydroxylation is 1. The van der Waals surface area contributed by atoms with Crippen molar-refractivity contribution < 1.29 is 13.9 Å². The number of carbonyl (C=O) groups is 1. The number of halogens is 2. The number of fused-ring (bicyclic) bond motifs is 1. The highest BCUT2D eigenvalue weighted by Gasteiger charge is 2.17. The number of aromatic nitrogens is 1. The van der Waals surface area contributed by atoms with Gasteiger partial charge in [-0.05, 0) is 55.8 Å². The van der Waals surface area contributed by atoms with Gasteiger partial charge in [0.2, 0.25) is 0 Å². The molecule has 124 valence electrons. The molecule has 3 aromatic rings. The average molecular weight is 365 g/mol. The third kappa shape index (κ3) is 3.66. The van der Waals surface area contributed by atoms with E-state index in [1.165, 1.54) is 23.5 Å². The number of nitrogens with one attached hydrogen (secondary N) is 1. The van der Waals surface area contributed by atoms with Crippen LogP contribution in [-0.4, -0.2) is 17.0 Å². The van der Waals surface area contributed by atoms with Crippen LogP contribution in [0.1, 0.15) is 12.5 Å². The van der Waals surface area contributed by atoms with Gasteiger partial charge in [-0.15, -0.1) is 0 Å². The van der Waals surface area contributed by atoms with Crippen LogP contribution in [0.2, 0.25) is 5.02 Å². The van der Waals surface area contributed by atoms with Crippen molar-refractivity contribution in [3.63, 3.8) is 0 Å². The second kappa shape index (κ2) is 6.75. The van der Waals surface area contributed by atoms with E-state index in [1.54, 1.807) is 31.2 Å². The first kappa shape index (κ1) is 16.7. The van der Waals surface area contributed by atoms with E-state index in [2.05, 4.69) is 10.3 Å². The number of carbonyl (C=O) groups excluding carboxylic acids is 1. The fraction of sp³-hybridized carbons (Fsp3) is 0.176. The van der Waals surface area contributed by atoms with Gasteiger partial charge >= 0.3 is 0 Å². The van der Waals surface area contributed by atoms with E-state index in [0.29, 0.717) is 26.1 Å². The van der Waals surface area contributed by atoms with Crippen LogP contribution in [0.15, 0.2) is 36.4 Å². The number of anilines is 1. The Morgan fingerprint density at radius 3 is 2.88 bits per heavy atom. The number of hydrogen-bond acceptors (Lipinski definition) is 4. The Bertz CT molecular complexity index is 913. The minimum atomic E-state index is -0.714. The van der Waals surface area contributed by atoms with Gasteiger partial charge < -0.3 is 4.74 Å². The minimum Gasteiger partial charge on any atom is -0.481 e. The molecule has 0 aliphatic rings. The lowest BCUT2D eigenvalue weighted by molar-refractivity contribution is -0.122. The zero-order valence-corrected chi connectivity index (χ0v) is 14.5. The summed E-state index contributed by atoms with van der Waals surface area (Å²) in [5, 5.41) is 3.74. The molecule has 4 nitrogen and oxygen atoms in total. The summed E-state index contributed by atoms with van der Waals surface area (Å²) in [6.07, 6.45) is -0.714. The van der Waals surface area contributed by atoms with E-state index in [1.807, 2.05) is 6.92 Å². The zero-order chi connectivity index (χ0) is 17.3. The van der Waals surface area contributed by atoms with E-state index >= 15 is 0 Å². The highest BCUT2D eigenvalue weighted by atomic mass is 35.5. The average Bonchev–Trinajstić information content (AvgIpc) is 2.92. The molecule has 24 heavy (non-hydrogen) atoms. The highest BCUT2D eigenvalue weighted by molar-refractivity contribution is 7.22. The third-order valence-electron chi connectivity index (χ3n) is 3.39. The molecule has 1 atom stereocenters. The van der Waals surface area contributed by atoms with Crippen molar-refractivity contribution in [2.75, 3.05) is 5.32 Å². The number of amides is 1. The predicted molar refractivity (Wildman–Crippen MR) is 94.5 cm³/mol. The van der Waals surface area contributed by atoms with E-state index < -0.39 is 6.10 Å². The van der Waals surface area contributed by atoms with Crippen molar-refractivity contribution in [3.05, 3.63) is 52.8 Å². The topological polar surface area (TPSA) is 51.2 Å². The number of ether oxygens (including phenoxy) is 1. The Morgan fingerprint density at radius 2 is 2.12 bits per heavy atom. The largest absolute Gasteiger partial charge is 0.481 e. The van der Waals surface area contributed by atoms with E-state index in [4.69, 9.17) is 16.3 Å². The predicted octanol–water partition coefficient (Wildman–Crippen LogP) is 4.80. The summed E-state index contributed by atoms with van der Waals surface area (Å²) in [7, 11) is 0. The molecule has 1 N–H and O–H groups in total. The third-order valence-corrected chi connectivity index (χ3v) is 4.75. The normalized spacial score (nSPS) is 12.2. The fourth-order valence-electron chi connectivity index (χ4n) is 2.11. The van der Waals surface area contributed by atoms with Gasteiger partial charge in [0.15, 0.2) is 11.2 Å². The molecule has 0 saturated carbocycles. The van der Waals surface area contributed by atoms with E-state index in [-0.39, 0.29) is 11.7 Å². The summed E-state index contributed by atoms with van der Waals surface area (Å²) in [6, 6.07) is 9.50. The molecule has 0 unspecified atom stereocenters. The maximum Gasteiger partial charge on any atom is 0.266 e. The summed E-state index contributed by atoms with van der Waals surface area (Å²) in [5.41, 5.74) is 1.51. The summed E-state index contributed by atoms with van der Waals surface area (Å²) >= 11 is 7.18. The zero-order valence-electron chi connectivity index (χ0n) is 13.0. The molecule has 1 amide bonds. The molecule has 0 aliphatic heterocycles. The van der Waals surface area contributed by atoms with Crippen molar-refractivity contribution in [1.29, 1.82) is 0 Å². The van der Waals surface area contributed by atoms with Gasteiger partial charge in [0.25, 0.3) is 5.91 Å². The van der Waals surface area contributed by atoms with Gasteiger partial charge in [-0.2, -0.15) is 0 Å². The molecule has 2 aromatic carbocycles. The standard InChI is InChI=1S/C17H14ClFN2O2S/c1-9-7-12(4-5-13(9)18)23-10(2)16(22)21-17-20-14-6-3-11(19)8-15(14)24-17/h3-8,10H,1-2H3,(H,20,21,22)/t10-/m1/s1. The van der Waals surface area contributed by atoms with E-state index in [0.717, 1.165) is 5.56 Å². The van der Waals surface area contributed by atoms with Crippen LogP contribution in [0, 0.1) is 12.7 Å². The van der Waals surface area contributed by atoms with Crippen LogP contribution in [-0.2, 0) is 4.79 Å². The van der Waals surface area contributed by atoms with Crippen molar-refractivity contribution >= 4 is 44.2 Å². The van der Waals surface area contributed by atoms with Crippen LogP contribution in [0.3, 0.4) is 0 Å². The SMILES string of the molecule is Cc1cc(O[C@H](C)C(=O)Nc2nc3ccc(F)cc3s2)ccc1Cl. The fourth-order valence-corrected chi connectivity index (χ4v) is 3.12. The number of hydrogen-bond donors (Lipinski definition) is 1. The molecule has 0 aliphatic carbocycles. The van der Waals surface area contributed by atoms with Crippen molar-refractivity contribution in [1.82, 2.24) is 4.98 Å². The van der Waals surface area contributed by atoms with Gasteiger partial charge in [0.1, 0.15) is 11.6 Å². The van der Waals surface area contributed by atoms with E-state index in [9.17, 15) is 9.18 Å². The molecule has 0 fully saturated rings. The molecule has 7 heteroatoms. The minimum absolute atomic E-state index is 0.331. The van der Waals surface area contributed by atoms with Crippen LogP contribution < -0.4 is 10.1 Å². The van der Waals surface area contributed by atoms with Gasteiger partial charge in [0.05, 0.1) is 10.2 Å². The van der Waals surface area contributed by atoms with Crippen LogP contribution >= 0.6 is 22.9 Å². The molecule has 1 aromatic heterocycles. The molecular formula is C17H14ClFN2O2S. The Balaban J connectivity index is 1.69. The summed E-state index contributed by atoms with van der Waals surface area (Å²) < 4.78 is 19.5. The van der Waals surface area contributed by atoms with Crippen LogP contribution in [0.5, 0.6) is 5.75 Å². The molecule has 1 heterocycles. The van der Waals surface area contributed by atoms with Gasteiger partial charge in [0, 0.05) is 5.02 Å². The Kier molecular flexibility index (Phi) is 4.69. The maximum atomic E-state index is 13.2. The maximum absolute atomic E-state index is 13.2. The number of thiazole rings is 1. The van der Waals surface area contributed by atoms with Gasteiger partial charge in [-0.1, -0.05) is 22.9 Å². The second-order valence-electron chi connectivity index (χ2n) is 5.29. The first-order valence-corrected chi connectivity index (χ1v) is 8.41. The number of nitrogens with zero attached hydrogens (tertiary/aromatic N) is 1. The summed E-state index contributed by atoms with van der Waals surface area (Å²) in [6.45, 7) is 3.51. The lowest BCUT2D eigenvalue weighted by atomic mass is 10.2. The van der Waals surface area contributed by atoms with Crippen molar-refractivity contribution in [3.8, 4) is 5.75 Å². The molecular weight excluding hydrogens is 351 g/mol. The lowest BCUT2D eigenvalue weighted by Gasteiger charge is -2.14. The molecule has 0 radical (unpaired) electrons. The quantitative estimate of drug-likeness (QED) is 0.723. The van der Waals surface area contributed by atoms with Crippen LogP contribution in [0.4, 0.5) is 9.52 Å². The monoisotopic (exact) mass is 364 g/mol. The summed E-state index contributed by atoms with van der Waals surface area (Å²) in [5.74, 6) is -0.105. The Labute approximate surface area is 147 Å². The second-order valence-corrected chi connectivity index (χ2v) is 6.73. The van der Waals surface area contributed by atoms with Gasteiger partial charge in [-0.3, -0.25) is 10.1 Å². The van der Waals surface area contributed by atoms with Gasteiger partial charge in [-0.25, -0.2) is 9.37 Å². The first-order valence-electron chi connectivity index (χ1n) is 7.22. The smallest absolute Gasteiger partial charge is 0.266 e. The van der Waals surface area contributed by atoms with Crippen molar-refractivity contribution in [2.24, 2.45) is 0 Å². The molecule has 0 saturated heterocycles. The Morgan fingerprint density at radius 1 is 1.33 bits per heavy atom. The van der Waals surface area contributed by atoms with Crippen molar-refractivity contribution in [2.45, 2.75) is 20.0 Å². The van der Waals surface area contributed by atoms with Crippen LogP contribution in [0.25, 0.3) is 10.2 Å². The summed E-state index contributed by atoms with van der Waals surface area (Å²) in [4.78, 5) is 16.5. The number of benzene rings is 2. The molecule has 0 spiro atoms. The highest BCUT2D eigenvalue weighted by Crippen LogP contribution is 2.27. The molecule has 0 bridgehead atoms.